The van der Waals surface area contributed by atoms with E-state index in [0.29, 0.717) is 10.6 Å². The second-order valence-corrected chi connectivity index (χ2v) is 5.32. The van der Waals surface area contributed by atoms with Crippen molar-refractivity contribution < 1.29 is 14.7 Å². The summed E-state index contributed by atoms with van der Waals surface area (Å²) in [5, 5.41) is 9.08. The van der Waals surface area contributed by atoms with Crippen LogP contribution in [0.3, 0.4) is 0 Å². The molecular formula is C15H10N2O3S. The maximum Gasteiger partial charge on any atom is 0.298 e. The van der Waals surface area contributed by atoms with Crippen LogP contribution in [0.4, 0.5) is 10.5 Å². The predicted octanol–water partition coefficient (Wildman–Crippen LogP) is 3.03. The lowest BCUT2D eigenvalue weighted by Gasteiger charge is -2.12. The van der Waals surface area contributed by atoms with Crippen LogP contribution in [0, 0.1) is 0 Å². The van der Waals surface area contributed by atoms with Crippen LogP contribution in [0.5, 0.6) is 5.75 Å². The Labute approximate surface area is 124 Å². The van der Waals surface area contributed by atoms with E-state index in [0.717, 1.165) is 22.2 Å². The highest BCUT2D eigenvalue weighted by molar-refractivity contribution is 8.19. The molecule has 21 heavy (non-hydrogen) atoms. The van der Waals surface area contributed by atoms with Gasteiger partial charge in [0.15, 0.2) is 0 Å². The van der Waals surface area contributed by atoms with Crippen molar-refractivity contribution in [2.45, 2.75) is 0 Å². The molecule has 1 aromatic carbocycles. The van der Waals surface area contributed by atoms with Crippen molar-refractivity contribution in [1.82, 2.24) is 4.98 Å². The number of imide groups is 1. The number of thioether (sulfide) groups is 1. The van der Waals surface area contributed by atoms with Gasteiger partial charge < -0.3 is 5.11 Å². The summed E-state index contributed by atoms with van der Waals surface area (Å²) in [6.07, 6.45) is 4.87. The zero-order valence-corrected chi connectivity index (χ0v) is 11.6. The number of pyridine rings is 1. The van der Waals surface area contributed by atoms with E-state index in [1.807, 2.05) is 0 Å². The highest BCUT2D eigenvalue weighted by Gasteiger charge is 2.36. The fraction of sp³-hybridized carbons (Fsp3) is 0. The van der Waals surface area contributed by atoms with Gasteiger partial charge in [0.25, 0.3) is 11.1 Å². The standard InChI is InChI=1S/C15H10N2O3S/c18-12-5-1-4-11(8-12)17-14(19)13(21-15(17)20)7-10-3-2-6-16-9-10/h1-9,18H. The van der Waals surface area contributed by atoms with Crippen molar-refractivity contribution in [1.29, 1.82) is 0 Å². The number of hydrogen-bond acceptors (Lipinski definition) is 5. The van der Waals surface area contributed by atoms with Gasteiger partial charge in [0.2, 0.25) is 0 Å². The Hall–Kier alpha value is -2.60. The number of aromatic hydroxyl groups is 1. The molecule has 0 saturated carbocycles. The molecule has 0 aliphatic carbocycles. The SMILES string of the molecule is O=C1SC(=Cc2cccnc2)C(=O)N1c1cccc(O)c1. The Kier molecular flexibility index (Phi) is 3.45. The highest BCUT2D eigenvalue weighted by Crippen LogP contribution is 2.36. The summed E-state index contributed by atoms with van der Waals surface area (Å²) in [4.78, 5) is 29.7. The predicted molar refractivity (Wildman–Crippen MR) is 80.8 cm³/mol. The third kappa shape index (κ3) is 2.66. The van der Waals surface area contributed by atoms with Gasteiger partial charge in [-0.2, -0.15) is 0 Å². The maximum absolute atomic E-state index is 12.3. The number of hydrogen-bond donors (Lipinski definition) is 1. The molecule has 104 valence electrons. The summed E-state index contributed by atoms with van der Waals surface area (Å²) in [5.41, 5.74) is 1.10. The van der Waals surface area contributed by atoms with Crippen molar-refractivity contribution in [3.63, 3.8) is 0 Å². The van der Waals surface area contributed by atoms with Crippen molar-refractivity contribution in [3.05, 3.63) is 59.3 Å². The molecule has 0 unspecified atom stereocenters. The van der Waals surface area contributed by atoms with E-state index in [-0.39, 0.29) is 11.0 Å². The van der Waals surface area contributed by atoms with Gasteiger partial charge in [-0.05, 0) is 41.6 Å². The number of rotatable bonds is 2. The third-order valence-corrected chi connectivity index (χ3v) is 3.73. The molecule has 0 bridgehead atoms. The second kappa shape index (κ2) is 5.41. The molecule has 1 aliphatic heterocycles. The number of anilines is 1. The number of nitrogens with zero attached hydrogens (tertiary/aromatic N) is 2. The van der Waals surface area contributed by atoms with Crippen molar-refractivity contribution in [2.75, 3.05) is 4.90 Å². The quantitative estimate of drug-likeness (QED) is 0.863. The summed E-state index contributed by atoms with van der Waals surface area (Å²) in [7, 11) is 0. The van der Waals surface area contributed by atoms with Crippen LogP contribution in [0.15, 0.2) is 53.7 Å². The third-order valence-electron chi connectivity index (χ3n) is 2.86. The van der Waals surface area contributed by atoms with E-state index in [4.69, 9.17) is 0 Å². The smallest absolute Gasteiger partial charge is 0.298 e. The van der Waals surface area contributed by atoms with Crippen molar-refractivity contribution in [2.24, 2.45) is 0 Å². The largest absolute Gasteiger partial charge is 0.508 e. The number of benzene rings is 1. The molecule has 0 spiro atoms. The maximum atomic E-state index is 12.3. The van der Waals surface area contributed by atoms with E-state index in [9.17, 15) is 14.7 Å². The zero-order chi connectivity index (χ0) is 14.8. The van der Waals surface area contributed by atoms with Gasteiger partial charge in [-0.3, -0.25) is 14.6 Å². The highest BCUT2D eigenvalue weighted by atomic mass is 32.2. The monoisotopic (exact) mass is 298 g/mol. The van der Waals surface area contributed by atoms with Crippen molar-refractivity contribution in [3.8, 4) is 5.75 Å². The fourth-order valence-electron chi connectivity index (χ4n) is 1.94. The number of carbonyl (C=O) groups excluding carboxylic acids is 2. The average molecular weight is 298 g/mol. The zero-order valence-electron chi connectivity index (χ0n) is 10.8. The Morgan fingerprint density at radius 2 is 2.05 bits per heavy atom. The van der Waals surface area contributed by atoms with Gasteiger partial charge >= 0.3 is 0 Å². The summed E-state index contributed by atoms with van der Waals surface area (Å²) in [6, 6.07) is 9.60. The Balaban J connectivity index is 1.94. The van der Waals surface area contributed by atoms with Gasteiger partial charge in [0.05, 0.1) is 10.6 Å². The summed E-state index contributed by atoms with van der Waals surface area (Å²) >= 11 is 0.866. The van der Waals surface area contributed by atoms with Crippen LogP contribution < -0.4 is 4.90 Å². The molecule has 2 amide bonds. The Morgan fingerprint density at radius 1 is 1.19 bits per heavy atom. The molecule has 1 fully saturated rings. The van der Waals surface area contributed by atoms with Crippen LogP contribution in [-0.2, 0) is 4.79 Å². The molecule has 5 nitrogen and oxygen atoms in total. The minimum atomic E-state index is -0.403. The van der Waals surface area contributed by atoms with Gasteiger partial charge in [-0.15, -0.1) is 0 Å². The first-order valence-corrected chi connectivity index (χ1v) is 6.94. The van der Waals surface area contributed by atoms with Crippen LogP contribution in [0.1, 0.15) is 5.56 Å². The lowest BCUT2D eigenvalue weighted by Crippen LogP contribution is -2.27. The lowest BCUT2D eigenvalue weighted by molar-refractivity contribution is -0.113. The Bertz CT molecular complexity index is 744. The van der Waals surface area contributed by atoms with E-state index >= 15 is 0 Å². The molecule has 1 aliphatic rings. The van der Waals surface area contributed by atoms with Crippen LogP contribution in [-0.4, -0.2) is 21.2 Å². The van der Waals surface area contributed by atoms with E-state index < -0.39 is 5.91 Å². The van der Waals surface area contributed by atoms with Gasteiger partial charge in [-0.1, -0.05) is 12.1 Å². The number of amides is 2. The van der Waals surface area contributed by atoms with Gasteiger partial charge in [-0.25, -0.2) is 4.90 Å². The van der Waals surface area contributed by atoms with Crippen LogP contribution >= 0.6 is 11.8 Å². The molecule has 1 saturated heterocycles. The van der Waals surface area contributed by atoms with E-state index in [2.05, 4.69) is 4.98 Å². The number of phenolic OH excluding ortho intramolecular Hbond substituents is 1. The molecule has 0 atom stereocenters. The molecule has 6 heteroatoms. The first-order chi connectivity index (χ1) is 10.1. The normalized spacial score (nSPS) is 16.8. The van der Waals surface area contributed by atoms with Crippen LogP contribution in [0.25, 0.3) is 6.08 Å². The second-order valence-electron chi connectivity index (χ2n) is 4.32. The first kappa shape index (κ1) is 13.4. The van der Waals surface area contributed by atoms with Crippen LogP contribution in [0.2, 0.25) is 0 Å². The summed E-state index contributed by atoms with van der Waals surface area (Å²) in [6.45, 7) is 0. The molecule has 1 N–H and O–H groups in total. The van der Waals surface area contributed by atoms with Crippen molar-refractivity contribution >= 4 is 34.7 Å². The summed E-state index contributed by atoms with van der Waals surface area (Å²) in [5.74, 6) is -0.401. The minimum absolute atomic E-state index is 0.00258. The average Bonchev–Trinajstić information content (AvgIpc) is 2.74. The van der Waals surface area contributed by atoms with Gasteiger partial charge in [0, 0.05) is 18.5 Å². The summed E-state index contributed by atoms with van der Waals surface area (Å²) < 4.78 is 0. The topological polar surface area (TPSA) is 70.5 Å². The van der Waals surface area contributed by atoms with Gasteiger partial charge in [0.1, 0.15) is 5.75 Å². The Morgan fingerprint density at radius 3 is 2.76 bits per heavy atom. The molecule has 1 aromatic heterocycles. The minimum Gasteiger partial charge on any atom is -0.508 e. The lowest BCUT2D eigenvalue weighted by atomic mass is 10.2. The number of phenols is 1. The first-order valence-electron chi connectivity index (χ1n) is 6.12. The molecule has 0 radical (unpaired) electrons. The fourth-order valence-corrected chi connectivity index (χ4v) is 2.78. The molecular weight excluding hydrogens is 288 g/mol. The van der Waals surface area contributed by atoms with E-state index in [1.165, 1.54) is 12.1 Å². The number of aromatic nitrogens is 1. The molecule has 2 aromatic rings. The number of carbonyl (C=O) groups is 2. The molecule has 3 rings (SSSR count). The molecule has 2 heterocycles. The van der Waals surface area contributed by atoms with E-state index in [1.54, 1.807) is 42.7 Å².